The summed E-state index contributed by atoms with van der Waals surface area (Å²) in [7, 11) is 0. The van der Waals surface area contributed by atoms with Gasteiger partial charge in [0.2, 0.25) is 5.91 Å². The van der Waals surface area contributed by atoms with Crippen LogP contribution in [0.1, 0.15) is 27.7 Å². The first kappa shape index (κ1) is 15.7. The number of nitrogens with two attached hydrogens (primary N) is 1. The van der Waals surface area contributed by atoms with E-state index in [1.54, 1.807) is 0 Å². The van der Waals surface area contributed by atoms with Crippen molar-refractivity contribution in [3.05, 3.63) is 18.2 Å². The van der Waals surface area contributed by atoms with E-state index in [4.69, 9.17) is 5.73 Å². The molecule has 1 aromatic heterocycles. The number of thiazole rings is 1. The van der Waals surface area contributed by atoms with Crippen LogP contribution in [-0.4, -0.2) is 34.4 Å². The van der Waals surface area contributed by atoms with Gasteiger partial charge in [0.05, 0.1) is 16.3 Å². The Labute approximate surface area is 129 Å². The molecule has 0 saturated carbocycles. The van der Waals surface area contributed by atoms with Gasteiger partial charge in [-0.1, -0.05) is 18.3 Å². The molecule has 21 heavy (non-hydrogen) atoms. The summed E-state index contributed by atoms with van der Waals surface area (Å²) in [6.45, 7) is 9.00. The smallest absolute Gasteiger partial charge is 0.243 e. The Kier molecular flexibility index (Phi) is 4.80. The molecule has 1 amide bonds. The molecule has 0 radical (unpaired) electrons. The second-order valence-corrected chi connectivity index (χ2v) is 6.37. The number of rotatable bonds is 5. The number of carbonyl (C=O) groups is 1. The number of amides is 1. The Morgan fingerprint density at radius 1 is 1.43 bits per heavy atom. The van der Waals surface area contributed by atoms with Crippen LogP contribution in [0, 0.1) is 0 Å². The Bertz CT molecular complexity index is 638. The Hall–Kier alpha value is -1.66. The first-order chi connectivity index (χ1) is 9.92. The van der Waals surface area contributed by atoms with Crippen molar-refractivity contribution in [1.29, 1.82) is 0 Å². The van der Waals surface area contributed by atoms with Gasteiger partial charge < -0.3 is 11.1 Å². The summed E-state index contributed by atoms with van der Waals surface area (Å²) >= 11 is 1.44. The van der Waals surface area contributed by atoms with E-state index in [0.29, 0.717) is 16.9 Å². The zero-order valence-electron chi connectivity index (χ0n) is 12.9. The van der Waals surface area contributed by atoms with Gasteiger partial charge in [0.1, 0.15) is 0 Å². The molecule has 0 aliphatic carbocycles. The molecule has 0 fully saturated rings. The highest BCUT2D eigenvalue weighted by Crippen LogP contribution is 2.27. The largest absolute Gasteiger partial charge is 0.399 e. The van der Waals surface area contributed by atoms with Gasteiger partial charge in [-0.15, -0.1) is 0 Å². The lowest BCUT2D eigenvalue weighted by molar-refractivity contribution is -0.121. The van der Waals surface area contributed by atoms with E-state index in [-0.39, 0.29) is 11.9 Å². The molecule has 0 spiro atoms. The summed E-state index contributed by atoms with van der Waals surface area (Å²) in [5, 5.41) is 3.52. The third kappa shape index (κ3) is 3.51. The topological polar surface area (TPSA) is 71.2 Å². The quantitative estimate of drug-likeness (QED) is 0.833. The van der Waals surface area contributed by atoms with Crippen LogP contribution in [0.3, 0.4) is 0 Å². The van der Waals surface area contributed by atoms with Gasteiger partial charge >= 0.3 is 0 Å². The van der Waals surface area contributed by atoms with Crippen LogP contribution in [-0.2, 0) is 4.79 Å². The zero-order chi connectivity index (χ0) is 15.6. The minimum Gasteiger partial charge on any atom is -0.399 e. The fourth-order valence-electron chi connectivity index (χ4n) is 2.44. The lowest BCUT2D eigenvalue weighted by Gasteiger charge is -2.30. The number of hydrogen-bond acceptors (Lipinski definition) is 5. The normalized spacial score (nSPS) is 13.0. The number of anilines is 2. The average molecular weight is 306 g/mol. The molecule has 6 heteroatoms. The molecule has 1 unspecified atom stereocenters. The van der Waals surface area contributed by atoms with Crippen molar-refractivity contribution < 1.29 is 4.79 Å². The van der Waals surface area contributed by atoms with Gasteiger partial charge in [0.25, 0.3) is 0 Å². The van der Waals surface area contributed by atoms with Crippen molar-refractivity contribution >= 4 is 38.3 Å². The van der Waals surface area contributed by atoms with Crippen LogP contribution in [0.5, 0.6) is 0 Å². The van der Waals surface area contributed by atoms with Crippen LogP contribution in [0.25, 0.3) is 10.2 Å². The van der Waals surface area contributed by atoms with E-state index in [0.717, 1.165) is 16.8 Å². The standard InChI is InChI=1S/C15H22N4OS/c1-5-19(9(2)3)10(4)14(20)18-15-17-12-7-6-11(16)8-13(12)21-15/h6-10H,5,16H2,1-4H3,(H,17,18,20). The summed E-state index contributed by atoms with van der Waals surface area (Å²) in [5.41, 5.74) is 7.32. The highest BCUT2D eigenvalue weighted by molar-refractivity contribution is 7.22. The second kappa shape index (κ2) is 6.41. The zero-order valence-corrected chi connectivity index (χ0v) is 13.7. The first-order valence-corrected chi connectivity index (χ1v) is 7.96. The van der Waals surface area contributed by atoms with Crippen molar-refractivity contribution in [2.45, 2.75) is 39.8 Å². The maximum atomic E-state index is 12.4. The van der Waals surface area contributed by atoms with Crippen molar-refractivity contribution in [2.75, 3.05) is 17.6 Å². The number of benzene rings is 1. The maximum Gasteiger partial charge on any atom is 0.243 e. The summed E-state index contributed by atoms with van der Waals surface area (Å²) in [4.78, 5) is 18.9. The van der Waals surface area contributed by atoms with Gasteiger partial charge in [0.15, 0.2) is 5.13 Å². The summed E-state index contributed by atoms with van der Waals surface area (Å²) in [6.07, 6.45) is 0. The molecule has 0 saturated heterocycles. The first-order valence-electron chi connectivity index (χ1n) is 7.15. The number of carbonyl (C=O) groups excluding carboxylic acids is 1. The molecule has 114 valence electrons. The van der Waals surface area contributed by atoms with Gasteiger partial charge in [-0.3, -0.25) is 9.69 Å². The summed E-state index contributed by atoms with van der Waals surface area (Å²) in [5.74, 6) is -0.0300. The van der Waals surface area contributed by atoms with Crippen molar-refractivity contribution in [1.82, 2.24) is 9.88 Å². The van der Waals surface area contributed by atoms with Gasteiger partial charge in [-0.05, 0) is 45.5 Å². The second-order valence-electron chi connectivity index (χ2n) is 5.34. The average Bonchev–Trinajstić information content (AvgIpc) is 2.80. The molecule has 1 aromatic carbocycles. The molecule has 0 bridgehead atoms. The van der Waals surface area contributed by atoms with E-state index in [2.05, 4.69) is 36.0 Å². The fraction of sp³-hybridized carbons (Fsp3) is 0.467. The van der Waals surface area contributed by atoms with Gasteiger partial charge in [0, 0.05) is 11.7 Å². The summed E-state index contributed by atoms with van der Waals surface area (Å²) in [6, 6.07) is 5.69. The molecule has 3 N–H and O–H groups in total. The van der Waals surface area contributed by atoms with Gasteiger partial charge in [-0.25, -0.2) is 4.98 Å². The molecule has 5 nitrogen and oxygen atoms in total. The maximum absolute atomic E-state index is 12.4. The molecule has 0 aliphatic rings. The number of nitrogens with one attached hydrogen (secondary N) is 1. The van der Waals surface area contributed by atoms with Crippen LogP contribution >= 0.6 is 11.3 Å². The predicted octanol–water partition coefficient (Wildman–Crippen LogP) is 2.94. The summed E-state index contributed by atoms with van der Waals surface area (Å²) < 4.78 is 0.981. The number of nitrogen functional groups attached to an aromatic ring is 1. The minimum absolute atomic E-state index is 0.0300. The lowest BCUT2D eigenvalue weighted by atomic mass is 10.2. The third-order valence-electron chi connectivity index (χ3n) is 3.55. The highest BCUT2D eigenvalue weighted by atomic mass is 32.1. The highest BCUT2D eigenvalue weighted by Gasteiger charge is 2.23. The number of aromatic nitrogens is 1. The van der Waals surface area contributed by atoms with E-state index in [1.807, 2.05) is 25.1 Å². The van der Waals surface area contributed by atoms with E-state index in [9.17, 15) is 4.79 Å². The van der Waals surface area contributed by atoms with Crippen LogP contribution in [0.2, 0.25) is 0 Å². The van der Waals surface area contributed by atoms with Crippen molar-refractivity contribution in [3.8, 4) is 0 Å². The Morgan fingerprint density at radius 2 is 2.14 bits per heavy atom. The molecule has 2 aromatic rings. The molecule has 0 aliphatic heterocycles. The molecule has 1 atom stereocenters. The third-order valence-corrected chi connectivity index (χ3v) is 4.48. The monoisotopic (exact) mass is 306 g/mol. The van der Waals surface area contributed by atoms with E-state index in [1.165, 1.54) is 11.3 Å². The van der Waals surface area contributed by atoms with Gasteiger partial charge in [-0.2, -0.15) is 0 Å². The number of nitrogens with zero attached hydrogens (tertiary/aromatic N) is 2. The minimum atomic E-state index is -0.188. The number of hydrogen-bond donors (Lipinski definition) is 2. The van der Waals surface area contributed by atoms with Crippen LogP contribution in [0.4, 0.5) is 10.8 Å². The molecular formula is C15H22N4OS. The van der Waals surface area contributed by atoms with E-state index < -0.39 is 0 Å². The predicted molar refractivity (Wildman–Crippen MR) is 89.6 cm³/mol. The van der Waals surface area contributed by atoms with Crippen molar-refractivity contribution in [3.63, 3.8) is 0 Å². The molecular weight excluding hydrogens is 284 g/mol. The van der Waals surface area contributed by atoms with Crippen molar-refractivity contribution in [2.24, 2.45) is 0 Å². The van der Waals surface area contributed by atoms with E-state index >= 15 is 0 Å². The molecule has 1 heterocycles. The van der Waals surface area contributed by atoms with Crippen LogP contribution < -0.4 is 11.1 Å². The SMILES string of the molecule is CCN(C(C)C)C(C)C(=O)Nc1nc2ccc(N)cc2s1. The number of fused-ring (bicyclic) bond motifs is 1. The fourth-order valence-corrected chi connectivity index (χ4v) is 3.36. The molecule has 2 rings (SSSR count). The van der Waals surface area contributed by atoms with Crippen LogP contribution in [0.15, 0.2) is 18.2 Å². The Balaban J connectivity index is 2.13. The lowest BCUT2D eigenvalue weighted by Crippen LogP contribution is -2.45. The Morgan fingerprint density at radius 3 is 2.76 bits per heavy atom. The number of likely N-dealkylation sites (N-methyl/N-ethyl adjacent to an activating group) is 1.